The molecule has 0 amide bonds. The third kappa shape index (κ3) is 3.38. The molecule has 0 aromatic heterocycles. The molecule has 0 saturated carbocycles. The standard InChI is InChI=1S/C9H11F3OS/c1-6(2)13-7-3-4-14-8(5-7)9(10,11)12/h3-7H,1-2H3. The molecule has 0 N–H and O–H groups in total. The third-order valence-corrected chi connectivity index (χ3v) is 2.40. The van der Waals surface area contributed by atoms with Gasteiger partial charge in [-0.2, -0.15) is 13.2 Å². The van der Waals surface area contributed by atoms with Gasteiger partial charge < -0.3 is 4.74 Å². The fraction of sp³-hybridized carbons (Fsp3) is 0.556. The van der Waals surface area contributed by atoms with Crippen molar-refractivity contribution in [2.45, 2.75) is 32.2 Å². The summed E-state index contributed by atoms with van der Waals surface area (Å²) in [6, 6.07) is 0. The van der Waals surface area contributed by atoms with Gasteiger partial charge in [-0.05, 0) is 31.4 Å². The number of alkyl halides is 3. The molecule has 0 bridgehead atoms. The van der Waals surface area contributed by atoms with Crippen molar-refractivity contribution in [1.82, 2.24) is 0 Å². The molecule has 14 heavy (non-hydrogen) atoms. The van der Waals surface area contributed by atoms with Crippen LogP contribution in [0.3, 0.4) is 0 Å². The first-order chi connectivity index (χ1) is 6.39. The van der Waals surface area contributed by atoms with Crippen LogP contribution in [0.2, 0.25) is 0 Å². The van der Waals surface area contributed by atoms with E-state index < -0.39 is 17.2 Å². The Labute approximate surface area is 85.0 Å². The van der Waals surface area contributed by atoms with Gasteiger partial charge in [0.05, 0.1) is 17.1 Å². The molecule has 0 aliphatic carbocycles. The van der Waals surface area contributed by atoms with E-state index in [1.54, 1.807) is 19.9 Å². The first-order valence-corrected chi connectivity index (χ1v) is 5.05. The van der Waals surface area contributed by atoms with Crippen molar-refractivity contribution < 1.29 is 17.9 Å². The van der Waals surface area contributed by atoms with E-state index in [9.17, 15) is 13.2 Å². The summed E-state index contributed by atoms with van der Waals surface area (Å²) in [5.41, 5.74) is 0. The molecule has 1 aliphatic rings. The molecule has 0 aromatic carbocycles. The van der Waals surface area contributed by atoms with Gasteiger partial charge in [-0.15, -0.1) is 0 Å². The Kier molecular flexibility index (Phi) is 3.66. The Morgan fingerprint density at radius 2 is 2.07 bits per heavy atom. The van der Waals surface area contributed by atoms with Crippen molar-refractivity contribution in [2.75, 3.05) is 0 Å². The number of allylic oxidation sites excluding steroid dienone is 1. The Morgan fingerprint density at radius 1 is 1.43 bits per heavy atom. The highest BCUT2D eigenvalue weighted by Gasteiger charge is 2.35. The van der Waals surface area contributed by atoms with E-state index >= 15 is 0 Å². The van der Waals surface area contributed by atoms with E-state index in [2.05, 4.69) is 0 Å². The number of ether oxygens (including phenoxy) is 1. The van der Waals surface area contributed by atoms with Crippen LogP contribution < -0.4 is 0 Å². The second kappa shape index (κ2) is 4.40. The number of halogens is 3. The predicted octanol–water partition coefficient (Wildman–Crippen LogP) is 3.49. The van der Waals surface area contributed by atoms with Gasteiger partial charge in [-0.25, -0.2) is 0 Å². The largest absolute Gasteiger partial charge is 0.422 e. The topological polar surface area (TPSA) is 9.23 Å². The Balaban J connectivity index is 2.68. The van der Waals surface area contributed by atoms with E-state index in [-0.39, 0.29) is 6.10 Å². The zero-order chi connectivity index (χ0) is 10.8. The van der Waals surface area contributed by atoms with Crippen LogP contribution in [0.4, 0.5) is 13.2 Å². The lowest BCUT2D eigenvalue weighted by Crippen LogP contribution is -2.19. The van der Waals surface area contributed by atoms with Crippen molar-refractivity contribution >= 4 is 11.8 Å². The molecule has 1 nitrogen and oxygen atoms in total. The summed E-state index contributed by atoms with van der Waals surface area (Å²) in [6.45, 7) is 3.58. The van der Waals surface area contributed by atoms with Crippen molar-refractivity contribution in [3.63, 3.8) is 0 Å². The molecule has 0 spiro atoms. The summed E-state index contributed by atoms with van der Waals surface area (Å²) in [5.74, 6) is 0. The Bertz CT molecular complexity index is 255. The highest BCUT2D eigenvalue weighted by Crippen LogP contribution is 2.37. The van der Waals surface area contributed by atoms with E-state index in [0.29, 0.717) is 11.8 Å². The lowest BCUT2D eigenvalue weighted by atomic mass is 10.3. The molecule has 1 aliphatic heterocycles. The summed E-state index contributed by atoms with van der Waals surface area (Å²) in [7, 11) is 0. The zero-order valence-electron chi connectivity index (χ0n) is 7.84. The van der Waals surface area contributed by atoms with Crippen molar-refractivity contribution in [2.24, 2.45) is 0 Å². The zero-order valence-corrected chi connectivity index (χ0v) is 8.65. The third-order valence-electron chi connectivity index (χ3n) is 1.49. The average molecular weight is 224 g/mol. The number of hydrogen-bond acceptors (Lipinski definition) is 2. The smallest absolute Gasteiger partial charge is 0.367 e. The van der Waals surface area contributed by atoms with Crippen LogP contribution in [0.5, 0.6) is 0 Å². The predicted molar refractivity (Wildman–Crippen MR) is 50.9 cm³/mol. The summed E-state index contributed by atoms with van der Waals surface area (Å²) in [6.07, 6.45) is -2.20. The molecule has 5 heteroatoms. The van der Waals surface area contributed by atoms with Crippen molar-refractivity contribution in [3.05, 3.63) is 22.5 Å². The molecule has 0 radical (unpaired) electrons. The fourth-order valence-corrected chi connectivity index (χ4v) is 1.72. The summed E-state index contributed by atoms with van der Waals surface area (Å²) >= 11 is 0.677. The van der Waals surface area contributed by atoms with Crippen LogP contribution in [0.15, 0.2) is 22.5 Å². The van der Waals surface area contributed by atoms with Crippen molar-refractivity contribution in [1.29, 1.82) is 0 Å². The van der Waals surface area contributed by atoms with E-state index in [0.717, 1.165) is 6.08 Å². The Morgan fingerprint density at radius 3 is 2.57 bits per heavy atom. The summed E-state index contributed by atoms with van der Waals surface area (Å²) in [4.78, 5) is -0.606. The molecule has 0 saturated heterocycles. The van der Waals surface area contributed by atoms with Gasteiger partial charge >= 0.3 is 6.18 Å². The fourth-order valence-electron chi connectivity index (χ4n) is 0.994. The minimum atomic E-state index is -4.27. The van der Waals surface area contributed by atoms with E-state index in [1.807, 2.05) is 0 Å². The van der Waals surface area contributed by atoms with Gasteiger partial charge in [0.2, 0.25) is 0 Å². The van der Waals surface area contributed by atoms with E-state index in [1.165, 1.54) is 5.41 Å². The molecule has 80 valence electrons. The van der Waals surface area contributed by atoms with Crippen molar-refractivity contribution in [3.8, 4) is 0 Å². The maximum atomic E-state index is 12.3. The summed E-state index contributed by atoms with van der Waals surface area (Å²) in [5, 5.41) is 1.41. The molecule has 1 atom stereocenters. The van der Waals surface area contributed by atoms with Gasteiger partial charge in [-0.3, -0.25) is 0 Å². The first kappa shape index (κ1) is 11.7. The van der Waals surface area contributed by atoms with Crippen LogP contribution in [-0.4, -0.2) is 18.4 Å². The number of hydrogen-bond donors (Lipinski definition) is 0. The average Bonchev–Trinajstić information content (AvgIpc) is 2.01. The monoisotopic (exact) mass is 224 g/mol. The molecular weight excluding hydrogens is 213 g/mol. The molecule has 1 heterocycles. The molecule has 0 aromatic rings. The number of rotatable bonds is 2. The van der Waals surface area contributed by atoms with Crippen LogP contribution in [0, 0.1) is 0 Å². The minimum absolute atomic E-state index is 0.0847. The maximum absolute atomic E-state index is 12.3. The van der Waals surface area contributed by atoms with Crippen LogP contribution in [0.25, 0.3) is 0 Å². The maximum Gasteiger partial charge on any atom is 0.422 e. The van der Waals surface area contributed by atoms with Crippen LogP contribution >= 0.6 is 11.8 Å². The SMILES string of the molecule is CC(C)OC1C=CSC(C(F)(F)F)=C1. The summed E-state index contributed by atoms with van der Waals surface area (Å²) < 4.78 is 42.1. The highest BCUT2D eigenvalue weighted by atomic mass is 32.2. The molecule has 0 fully saturated rings. The van der Waals surface area contributed by atoms with Gasteiger partial charge in [-0.1, -0.05) is 11.8 Å². The molecule has 1 unspecified atom stereocenters. The van der Waals surface area contributed by atoms with E-state index in [4.69, 9.17) is 4.74 Å². The highest BCUT2D eigenvalue weighted by molar-refractivity contribution is 8.05. The Hall–Kier alpha value is -0.420. The van der Waals surface area contributed by atoms with Gasteiger partial charge in [0, 0.05) is 0 Å². The van der Waals surface area contributed by atoms with Crippen LogP contribution in [0.1, 0.15) is 13.8 Å². The molecular formula is C9H11F3OS. The first-order valence-electron chi connectivity index (χ1n) is 4.17. The normalized spacial score (nSPS) is 22.7. The quantitative estimate of drug-likeness (QED) is 0.710. The molecule has 1 rings (SSSR count). The number of thioether (sulfide) groups is 1. The second-order valence-corrected chi connectivity index (χ2v) is 4.07. The second-order valence-electron chi connectivity index (χ2n) is 3.12. The lowest BCUT2D eigenvalue weighted by molar-refractivity contribution is -0.0847. The van der Waals surface area contributed by atoms with Gasteiger partial charge in [0.1, 0.15) is 0 Å². The van der Waals surface area contributed by atoms with Gasteiger partial charge in [0.25, 0.3) is 0 Å². The lowest BCUT2D eigenvalue weighted by Gasteiger charge is -2.19. The van der Waals surface area contributed by atoms with Gasteiger partial charge in [0.15, 0.2) is 0 Å². The van der Waals surface area contributed by atoms with Crippen LogP contribution in [-0.2, 0) is 4.74 Å². The minimum Gasteiger partial charge on any atom is -0.367 e.